The number of anilines is 2. The number of nitrogens with one attached hydrogen (secondary N) is 1. The summed E-state index contributed by atoms with van der Waals surface area (Å²) in [5, 5.41) is 16.0. The second kappa shape index (κ2) is 11.1. The Morgan fingerprint density at radius 1 is 1.10 bits per heavy atom. The van der Waals surface area contributed by atoms with Gasteiger partial charge in [0.2, 0.25) is 5.91 Å². The summed E-state index contributed by atoms with van der Waals surface area (Å²) in [7, 11) is 0. The molecule has 2 N–H and O–H groups in total. The Hall–Kier alpha value is -4.27. The molecule has 40 heavy (non-hydrogen) atoms. The largest absolute Gasteiger partial charge is 0.508 e. The second-order valence-corrected chi connectivity index (χ2v) is 10.8. The molecule has 2 fully saturated rings. The summed E-state index contributed by atoms with van der Waals surface area (Å²) in [5.41, 5.74) is 4.10. The third-order valence-corrected chi connectivity index (χ3v) is 8.11. The summed E-state index contributed by atoms with van der Waals surface area (Å²) < 4.78 is 6.21. The van der Waals surface area contributed by atoms with Crippen molar-refractivity contribution in [3.05, 3.63) is 72.6 Å². The van der Waals surface area contributed by atoms with Crippen LogP contribution in [-0.2, 0) is 17.8 Å². The maximum atomic E-state index is 12.2. The van der Waals surface area contributed by atoms with Gasteiger partial charge in [-0.2, -0.15) is 9.97 Å². The van der Waals surface area contributed by atoms with E-state index in [0.717, 1.165) is 71.5 Å². The zero-order chi connectivity index (χ0) is 27.6. The number of fused-ring (bicyclic) bond motifs is 2. The van der Waals surface area contributed by atoms with E-state index in [4.69, 9.17) is 14.7 Å². The molecule has 0 bridgehead atoms. The van der Waals surface area contributed by atoms with Crippen LogP contribution in [0.2, 0.25) is 0 Å². The lowest BCUT2D eigenvalue weighted by Crippen LogP contribution is -2.49. The number of piperidine rings is 1. The van der Waals surface area contributed by atoms with E-state index >= 15 is 0 Å². The minimum absolute atomic E-state index is 0.0380. The molecule has 2 aromatic carbocycles. The van der Waals surface area contributed by atoms with Gasteiger partial charge in [0.05, 0.1) is 18.3 Å². The molecular weight excluding hydrogens is 504 g/mol. The number of aromatic nitrogens is 2. The van der Waals surface area contributed by atoms with Gasteiger partial charge >= 0.3 is 6.01 Å². The molecule has 208 valence electrons. The van der Waals surface area contributed by atoms with Crippen LogP contribution >= 0.6 is 0 Å². The molecule has 1 atom stereocenters. The van der Waals surface area contributed by atoms with E-state index in [9.17, 15) is 9.90 Å². The first-order valence-electron chi connectivity index (χ1n) is 14.1. The number of hydrogen-bond donors (Lipinski definition) is 2. The molecule has 6 rings (SSSR count). The van der Waals surface area contributed by atoms with E-state index in [0.29, 0.717) is 45.3 Å². The monoisotopic (exact) mass is 540 g/mol. The van der Waals surface area contributed by atoms with E-state index in [1.165, 1.54) is 6.08 Å². The van der Waals surface area contributed by atoms with Crippen molar-refractivity contribution in [3.8, 4) is 11.8 Å². The number of ether oxygens (including phenoxy) is 1. The highest BCUT2D eigenvalue weighted by molar-refractivity contribution is 5.95. The summed E-state index contributed by atoms with van der Waals surface area (Å²) in [5.74, 6) is 1.11. The minimum atomic E-state index is -0.0380. The van der Waals surface area contributed by atoms with Crippen LogP contribution in [0.3, 0.4) is 0 Å². The zero-order valence-corrected chi connectivity index (χ0v) is 22.8. The van der Waals surface area contributed by atoms with E-state index < -0.39 is 0 Å². The normalized spacial score (nSPS) is 19.2. The van der Waals surface area contributed by atoms with Crippen LogP contribution in [0, 0.1) is 0 Å². The van der Waals surface area contributed by atoms with Crippen LogP contribution in [0.15, 0.2) is 61.3 Å². The van der Waals surface area contributed by atoms with Gasteiger partial charge in [0.1, 0.15) is 18.2 Å². The van der Waals surface area contributed by atoms with E-state index in [-0.39, 0.29) is 17.7 Å². The summed E-state index contributed by atoms with van der Waals surface area (Å²) in [4.78, 5) is 28.3. The quantitative estimate of drug-likeness (QED) is 0.457. The molecule has 3 aromatic rings. The summed E-state index contributed by atoms with van der Waals surface area (Å²) in [6.07, 6.45) is 5.26. The molecule has 0 spiro atoms. The Morgan fingerprint density at radius 2 is 1.93 bits per heavy atom. The number of piperazine rings is 1. The molecular formula is C31H36N6O3. The van der Waals surface area contributed by atoms with Gasteiger partial charge in [0.25, 0.3) is 0 Å². The van der Waals surface area contributed by atoms with Gasteiger partial charge in [-0.25, -0.2) is 0 Å². The highest BCUT2D eigenvalue weighted by Gasteiger charge is 2.29. The zero-order valence-electron chi connectivity index (χ0n) is 22.8. The van der Waals surface area contributed by atoms with Gasteiger partial charge in [-0.1, -0.05) is 37.4 Å². The SMILES string of the molecule is C=CC(=O)N1CCN(c2nc(OC[C@@H]3CCCC(=C)N3)nc3c2CCN(c2cc(O)cc4ccccc24)C3)CC1. The van der Waals surface area contributed by atoms with Crippen LogP contribution in [-0.4, -0.2) is 71.3 Å². The van der Waals surface area contributed by atoms with Crippen molar-refractivity contribution in [2.24, 2.45) is 0 Å². The number of aromatic hydroxyl groups is 1. The van der Waals surface area contributed by atoms with Crippen LogP contribution in [0.4, 0.5) is 11.5 Å². The fourth-order valence-electron chi connectivity index (χ4n) is 6.02. The molecule has 2 saturated heterocycles. The molecule has 4 heterocycles. The Morgan fingerprint density at radius 3 is 2.73 bits per heavy atom. The number of hydrogen-bond acceptors (Lipinski definition) is 8. The lowest BCUT2D eigenvalue weighted by atomic mass is 10.0. The highest BCUT2D eigenvalue weighted by atomic mass is 16.5. The number of carbonyl (C=O) groups is 1. The van der Waals surface area contributed by atoms with Gasteiger partial charge in [-0.15, -0.1) is 0 Å². The molecule has 0 radical (unpaired) electrons. The van der Waals surface area contributed by atoms with Gasteiger partial charge in [0, 0.05) is 61.1 Å². The van der Waals surface area contributed by atoms with Gasteiger partial charge in [0.15, 0.2) is 0 Å². The smallest absolute Gasteiger partial charge is 0.318 e. The number of phenols is 1. The molecule has 1 aromatic heterocycles. The second-order valence-electron chi connectivity index (χ2n) is 10.8. The van der Waals surface area contributed by atoms with Crippen molar-refractivity contribution in [2.45, 2.75) is 38.3 Å². The van der Waals surface area contributed by atoms with Gasteiger partial charge in [-0.05, 0) is 43.2 Å². The van der Waals surface area contributed by atoms with Crippen LogP contribution in [0.5, 0.6) is 11.8 Å². The molecule has 0 unspecified atom stereocenters. The average molecular weight is 541 g/mol. The predicted molar refractivity (Wildman–Crippen MR) is 157 cm³/mol. The standard InChI is InChI=1S/C31H36N6O3/c1-3-29(39)35-13-15-36(16-14-35)30-26-11-12-37(28-18-24(38)17-22-8-4-5-10-25(22)28)19-27(26)33-31(34-30)40-20-23-9-6-7-21(2)32-23/h3-5,8,10,17-18,23,32,38H,1-2,6-7,9,11-16,19-20H2/t23-/m0/s1. The first-order valence-corrected chi connectivity index (χ1v) is 14.1. The Balaban J connectivity index is 1.30. The Kier molecular flexibility index (Phi) is 7.19. The third-order valence-electron chi connectivity index (χ3n) is 8.11. The number of allylic oxidation sites excluding steroid dienone is 1. The lowest BCUT2D eigenvalue weighted by molar-refractivity contribution is -0.126. The first kappa shape index (κ1) is 26.0. The van der Waals surface area contributed by atoms with Crippen LogP contribution < -0.4 is 19.9 Å². The van der Waals surface area contributed by atoms with Crippen molar-refractivity contribution >= 4 is 28.2 Å². The topological polar surface area (TPSA) is 94.1 Å². The molecule has 3 aliphatic rings. The van der Waals surface area contributed by atoms with Crippen molar-refractivity contribution in [1.82, 2.24) is 20.2 Å². The lowest BCUT2D eigenvalue weighted by Gasteiger charge is -2.38. The number of benzene rings is 2. The number of rotatable bonds is 6. The van der Waals surface area contributed by atoms with Crippen molar-refractivity contribution in [2.75, 3.05) is 49.1 Å². The Bertz CT molecular complexity index is 1450. The fourth-order valence-corrected chi connectivity index (χ4v) is 6.02. The van der Waals surface area contributed by atoms with Crippen LogP contribution in [0.25, 0.3) is 10.8 Å². The molecule has 1 amide bonds. The Labute approximate surface area is 234 Å². The predicted octanol–water partition coefficient (Wildman–Crippen LogP) is 3.77. The van der Waals surface area contributed by atoms with Gasteiger partial charge < -0.3 is 29.9 Å². The number of phenolic OH excluding ortho intramolecular Hbond substituents is 1. The van der Waals surface area contributed by atoms with Crippen molar-refractivity contribution < 1.29 is 14.6 Å². The number of amides is 1. The summed E-state index contributed by atoms with van der Waals surface area (Å²) >= 11 is 0. The van der Waals surface area contributed by atoms with E-state index in [1.807, 2.05) is 29.2 Å². The average Bonchev–Trinajstić information content (AvgIpc) is 2.98. The van der Waals surface area contributed by atoms with Gasteiger partial charge in [-0.3, -0.25) is 4.79 Å². The summed E-state index contributed by atoms with van der Waals surface area (Å²) in [6, 6.07) is 12.3. The number of nitrogens with zero attached hydrogens (tertiary/aromatic N) is 5. The molecule has 9 nitrogen and oxygen atoms in total. The van der Waals surface area contributed by atoms with Crippen LogP contribution in [0.1, 0.15) is 30.5 Å². The third kappa shape index (κ3) is 5.28. The maximum Gasteiger partial charge on any atom is 0.318 e. The molecule has 0 saturated carbocycles. The molecule has 9 heteroatoms. The van der Waals surface area contributed by atoms with Crippen molar-refractivity contribution in [3.63, 3.8) is 0 Å². The molecule has 3 aliphatic heterocycles. The minimum Gasteiger partial charge on any atom is -0.508 e. The number of carbonyl (C=O) groups excluding carboxylic acids is 1. The first-order chi connectivity index (χ1) is 19.5. The van der Waals surface area contributed by atoms with Crippen molar-refractivity contribution in [1.29, 1.82) is 0 Å². The fraction of sp³-hybridized carbons (Fsp3) is 0.387. The maximum absolute atomic E-state index is 12.2. The summed E-state index contributed by atoms with van der Waals surface area (Å²) in [6.45, 7) is 12.2. The van der Waals surface area contributed by atoms with E-state index in [1.54, 1.807) is 6.07 Å². The molecule has 0 aliphatic carbocycles. The van der Waals surface area contributed by atoms with E-state index in [2.05, 4.69) is 34.3 Å². The highest BCUT2D eigenvalue weighted by Crippen LogP contribution is 2.36.